The smallest absolute Gasteiger partial charge is 0.255 e. The second kappa shape index (κ2) is 5.91. The van der Waals surface area contributed by atoms with Gasteiger partial charge in [0.2, 0.25) is 6.79 Å². The average Bonchev–Trinajstić information content (AvgIpc) is 3.26. The van der Waals surface area contributed by atoms with Crippen molar-refractivity contribution in [2.45, 2.75) is 18.8 Å². The van der Waals surface area contributed by atoms with Crippen molar-refractivity contribution in [1.82, 2.24) is 10.2 Å². The van der Waals surface area contributed by atoms with Crippen LogP contribution in [0.3, 0.4) is 0 Å². The summed E-state index contributed by atoms with van der Waals surface area (Å²) in [5.74, 6) is 1.50. The van der Waals surface area contributed by atoms with Crippen molar-refractivity contribution in [2.24, 2.45) is 0 Å². The van der Waals surface area contributed by atoms with E-state index in [1.54, 1.807) is 18.2 Å². The summed E-state index contributed by atoms with van der Waals surface area (Å²) in [7, 11) is 0. The minimum absolute atomic E-state index is 0.187. The van der Waals surface area contributed by atoms with Crippen molar-refractivity contribution < 1.29 is 14.3 Å². The first kappa shape index (κ1) is 15.0. The van der Waals surface area contributed by atoms with Crippen molar-refractivity contribution in [2.75, 3.05) is 12.1 Å². The van der Waals surface area contributed by atoms with Crippen LogP contribution in [0.15, 0.2) is 48.5 Å². The van der Waals surface area contributed by atoms with Crippen LogP contribution in [0.2, 0.25) is 0 Å². The van der Waals surface area contributed by atoms with E-state index in [-0.39, 0.29) is 12.7 Å². The van der Waals surface area contributed by atoms with Gasteiger partial charge >= 0.3 is 0 Å². The van der Waals surface area contributed by atoms with E-state index in [4.69, 9.17) is 9.47 Å². The molecule has 6 heteroatoms. The maximum absolute atomic E-state index is 12.8. The minimum Gasteiger partial charge on any atom is -0.454 e. The van der Waals surface area contributed by atoms with Crippen LogP contribution in [-0.4, -0.2) is 22.9 Å². The van der Waals surface area contributed by atoms with Gasteiger partial charge in [0.05, 0.1) is 11.4 Å². The number of benzene rings is 2. The van der Waals surface area contributed by atoms with Gasteiger partial charge in [-0.25, -0.2) is 0 Å². The van der Waals surface area contributed by atoms with Gasteiger partial charge in [-0.2, -0.15) is 5.10 Å². The lowest BCUT2D eigenvalue weighted by molar-refractivity contribution is 0.102. The lowest BCUT2D eigenvalue weighted by Gasteiger charge is -2.09. The predicted octanol–water partition coefficient (Wildman–Crippen LogP) is 3.94. The Balaban J connectivity index is 1.49. The lowest BCUT2D eigenvalue weighted by atomic mass is 10.1. The standard InChI is InChI=1S/C20H17N3O3/c24-20(14-8-9-15-16(10-14)26-11-25-15)21-19-17(12-4-2-1-3-5-12)22-23-18(19)13-6-7-13/h1-5,8-10,13H,6-7,11H2,(H,21,24)(H,22,23). The number of rotatable bonds is 4. The van der Waals surface area contributed by atoms with Crippen LogP contribution in [0, 0.1) is 0 Å². The number of aromatic nitrogens is 2. The fourth-order valence-electron chi connectivity index (χ4n) is 3.18. The molecule has 0 unspecified atom stereocenters. The SMILES string of the molecule is O=C(Nc1c(-c2ccccc2)n[nH]c1C1CC1)c1ccc2c(c1)OCO2. The molecule has 2 heterocycles. The Hall–Kier alpha value is -3.28. The number of carbonyl (C=O) groups is 1. The minimum atomic E-state index is -0.191. The molecule has 6 nitrogen and oxygen atoms in total. The summed E-state index contributed by atoms with van der Waals surface area (Å²) >= 11 is 0. The molecule has 1 aromatic heterocycles. The van der Waals surface area contributed by atoms with Crippen molar-refractivity contribution in [3.63, 3.8) is 0 Å². The van der Waals surface area contributed by atoms with E-state index in [0.29, 0.717) is 23.0 Å². The maximum atomic E-state index is 12.8. The number of hydrogen-bond donors (Lipinski definition) is 2. The summed E-state index contributed by atoms with van der Waals surface area (Å²) < 4.78 is 10.7. The molecular formula is C20H17N3O3. The molecule has 1 aliphatic carbocycles. The first-order chi connectivity index (χ1) is 12.8. The number of amides is 1. The van der Waals surface area contributed by atoms with Gasteiger partial charge in [0.25, 0.3) is 5.91 Å². The van der Waals surface area contributed by atoms with Gasteiger partial charge < -0.3 is 14.8 Å². The molecule has 0 radical (unpaired) electrons. The van der Waals surface area contributed by atoms with Crippen LogP contribution in [-0.2, 0) is 0 Å². The molecule has 0 spiro atoms. The molecule has 1 saturated carbocycles. The van der Waals surface area contributed by atoms with Crippen molar-refractivity contribution in [3.8, 4) is 22.8 Å². The van der Waals surface area contributed by atoms with E-state index >= 15 is 0 Å². The van der Waals surface area contributed by atoms with Crippen molar-refractivity contribution in [3.05, 3.63) is 59.8 Å². The molecule has 5 rings (SSSR count). The van der Waals surface area contributed by atoms with Gasteiger partial charge in [-0.05, 0) is 31.0 Å². The quantitative estimate of drug-likeness (QED) is 0.750. The number of nitrogens with zero attached hydrogens (tertiary/aromatic N) is 1. The Kier molecular flexibility index (Phi) is 3.41. The second-order valence-corrected chi connectivity index (χ2v) is 6.52. The number of H-pyrrole nitrogens is 1. The fraction of sp³-hybridized carbons (Fsp3) is 0.200. The monoisotopic (exact) mass is 347 g/mol. The first-order valence-electron chi connectivity index (χ1n) is 8.64. The van der Waals surface area contributed by atoms with E-state index in [2.05, 4.69) is 15.5 Å². The number of ether oxygens (including phenoxy) is 2. The van der Waals surface area contributed by atoms with Gasteiger partial charge in [0.15, 0.2) is 11.5 Å². The highest BCUT2D eigenvalue weighted by Crippen LogP contribution is 2.45. The predicted molar refractivity (Wildman–Crippen MR) is 96.5 cm³/mol. The summed E-state index contributed by atoms with van der Waals surface area (Å²) in [5, 5.41) is 10.6. The molecule has 0 bridgehead atoms. The van der Waals surface area contributed by atoms with E-state index in [0.717, 1.165) is 35.5 Å². The zero-order valence-electron chi connectivity index (χ0n) is 14.0. The lowest BCUT2D eigenvalue weighted by Crippen LogP contribution is -2.13. The van der Waals surface area contributed by atoms with Crippen LogP contribution in [0.1, 0.15) is 34.8 Å². The largest absolute Gasteiger partial charge is 0.454 e. The molecule has 2 aromatic carbocycles. The molecule has 0 atom stereocenters. The van der Waals surface area contributed by atoms with E-state index in [9.17, 15) is 4.79 Å². The Labute approximate surface area is 150 Å². The fourth-order valence-corrected chi connectivity index (χ4v) is 3.18. The molecule has 26 heavy (non-hydrogen) atoms. The number of aromatic amines is 1. The molecule has 130 valence electrons. The molecule has 2 N–H and O–H groups in total. The van der Waals surface area contributed by atoms with Gasteiger partial charge in [0.1, 0.15) is 5.69 Å². The molecule has 1 fully saturated rings. The zero-order valence-corrected chi connectivity index (χ0v) is 14.0. The van der Waals surface area contributed by atoms with Gasteiger partial charge in [-0.1, -0.05) is 30.3 Å². The molecule has 1 amide bonds. The highest BCUT2D eigenvalue weighted by molar-refractivity contribution is 6.06. The van der Waals surface area contributed by atoms with Crippen molar-refractivity contribution >= 4 is 11.6 Å². The Morgan fingerprint density at radius 2 is 1.88 bits per heavy atom. The molecule has 0 saturated heterocycles. The Morgan fingerprint density at radius 1 is 1.08 bits per heavy atom. The van der Waals surface area contributed by atoms with Crippen molar-refractivity contribution in [1.29, 1.82) is 0 Å². The van der Waals surface area contributed by atoms with E-state index in [1.807, 2.05) is 30.3 Å². The third-order valence-electron chi connectivity index (χ3n) is 4.70. The van der Waals surface area contributed by atoms with Crippen LogP contribution >= 0.6 is 0 Å². The molecule has 3 aromatic rings. The van der Waals surface area contributed by atoms with Gasteiger partial charge in [-0.15, -0.1) is 0 Å². The highest BCUT2D eigenvalue weighted by Gasteiger charge is 2.31. The number of carbonyl (C=O) groups excluding carboxylic acids is 1. The third kappa shape index (κ3) is 2.60. The Bertz CT molecular complexity index is 977. The second-order valence-electron chi connectivity index (χ2n) is 6.52. The molecule has 1 aliphatic heterocycles. The summed E-state index contributed by atoms with van der Waals surface area (Å²) in [6.45, 7) is 0.187. The number of hydrogen-bond acceptors (Lipinski definition) is 4. The number of fused-ring (bicyclic) bond motifs is 1. The topological polar surface area (TPSA) is 76.2 Å². The first-order valence-corrected chi connectivity index (χ1v) is 8.64. The zero-order chi connectivity index (χ0) is 17.5. The summed E-state index contributed by atoms with van der Waals surface area (Å²) in [4.78, 5) is 12.8. The van der Waals surface area contributed by atoms with Crippen LogP contribution in [0.25, 0.3) is 11.3 Å². The number of nitrogens with one attached hydrogen (secondary N) is 2. The number of anilines is 1. The van der Waals surface area contributed by atoms with Gasteiger partial charge in [-0.3, -0.25) is 9.89 Å². The summed E-state index contributed by atoms with van der Waals surface area (Å²) in [6.07, 6.45) is 2.23. The third-order valence-corrected chi connectivity index (χ3v) is 4.70. The van der Waals surface area contributed by atoms with Crippen LogP contribution < -0.4 is 14.8 Å². The summed E-state index contributed by atoms with van der Waals surface area (Å²) in [5.41, 5.74) is 4.02. The highest BCUT2D eigenvalue weighted by atomic mass is 16.7. The molecule has 2 aliphatic rings. The average molecular weight is 347 g/mol. The molecular weight excluding hydrogens is 330 g/mol. The summed E-state index contributed by atoms with van der Waals surface area (Å²) in [6, 6.07) is 15.1. The van der Waals surface area contributed by atoms with Crippen LogP contribution in [0.5, 0.6) is 11.5 Å². The van der Waals surface area contributed by atoms with Gasteiger partial charge in [0, 0.05) is 17.0 Å². The van der Waals surface area contributed by atoms with E-state index in [1.165, 1.54) is 0 Å². The maximum Gasteiger partial charge on any atom is 0.255 e. The van der Waals surface area contributed by atoms with E-state index < -0.39 is 0 Å². The Morgan fingerprint density at radius 3 is 2.69 bits per heavy atom. The normalized spacial score (nSPS) is 15.1. The van der Waals surface area contributed by atoms with Crippen LogP contribution in [0.4, 0.5) is 5.69 Å².